The Kier molecular flexibility index (Phi) is 3.82. The van der Waals surface area contributed by atoms with Crippen LogP contribution >= 0.6 is 11.3 Å². The van der Waals surface area contributed by atoms with Crippen LogP contribution in [0.2, 0.25) is 0 Å². The third kappa shape index (κ3) is 3.50. The third-order valence-corrected chi connectivity index (χ3v) is 2.31. The van der Waals surface area contributed by atoms with Crippen molar-refractivity contribution in [3.8, 4) is 0 Å². The first-order valence-electron chi connectivity index (χ1n) is 4.17. The SMILES string of the molecule is CCOC(=O)CCc1nnc(C)s1. The molecule has 0 bridgehead atoms. The van der Waals surface area contributed by atoms with Gasteiger partial charge in [-0.3, -0.25) is 4.79 Å². The summed E-state index contributed by atoms with van der Waals surface area (Å²) in [5.74, 6) is -0.171. The second kappa shape index (κ2) is 4.91. The lowest BCUT2D eigenvalue weighted by Gasteiger charge is -1.98. The molecule has 0 aliphatic heterocycles. The zero-order chi connectivity index (χ0) is 9.68. The van der Waals surface area contributed by atoms with Gasteiger partial charge >= 0.3 is 5.97 Å². The monoisotopic (exact) mass is 200 g/mol. The van der Waals surface area contributed by atoms with Crippen LogP contribution in [0.3, 0.4) is 0 Å². The zero-order valence-corrected chi connectivity index (χ0v) is 8.56. The highest BCUT2D eigenvalue weighted by molar-refractivity contribution is 7.11. The standard InChI is InChI=1S/C8H12N2O2S/c1-3-12-8(11)5-4-7-10-9-6(2)13-7/h3-5H2,1-2H3. The van der Waals surface area contributed by atoms with Crippen molar-refractivity contribution in [3.05, 3.63) is 10.0 Å². The lowest BCUT2D eigenvalue weighted by atomic mass is 10.3. The normalized spacial score (nSPS) is 10.0. The van der Waals surface area contributed by atoms with Crippen molar-refractivity contribution in [3.63, 3.8) is 0 Å². The minimum absolute atomic E-state index is 0.171. The molecule has 5 heteroatoms. The molecule has 0 radical (unpaired) electrons. The Morgan fingerprint density at radius 2 is 2.31 bits per heavy atom. The Labute approximate surface area is 80.9 Å². The van der Waals surface area contributed by atoms with Gasteiger partial charge in [0, 0.05) is 6.42 Å². The molecular formula is C8H12N2O2S. The largest absolute Gasteiger partial charge is 0.466 e. The summed E-state index contributed by atoms with van der Waals surface area (Å²) < 4.78 is 4.79. The summed E-state index contributed by atoms with van der Waals surface area (Å²) in [4.78, 5) is 11.0. The summed E-state index contributed by atoms with van der Waals surface area (Å²) in [5.41, 5.74) is 0. The van der Waals surface area contributed by atoms with Crippen LogP contribution in [0.1, 0.15) is 23.4 Å². The summed E-state index contributed by atoms with van der Waals surface area (Å²) >= 11 is 1.52. The highest BCUT2D eigenvalue weighted by Gasteiger charge is 2.05. The second-order valence-corrected chi connectivity index (χ2v) is 3.79. The van der Waals surface area contributed by atoms with Gasteiger partial charge in [-0.15, -0.1) is 21.5 Å². The molecule has 13 heavy (non-hydrogen) atoms. The maximum atomic E-state index is 11.0. The van der Waals surface area contributed by atoms with Gasteiger partial charge < -0.3 is 4.74 Å². The minimum Gasteiger partial charge on any atom is -0.466 e. The van der Waals surface area contributed by atoms with Gasteiger partial charge in [-0.25, -0.2) is 0 Å². The van der Waals surface area contributed by atoms with Gasteiger partial charge in [-0.05, 0) is 13.8 Å². The first kappa shape index (κ1) is 10.1. The molecule has 0 saturated heterocycles. The number of carbonyl (C=O) groups excluding carboxylic acids is 1. The number of hydrogen-bond acceptors (Lipinski definition) is 5. The Hall–Kier alpha value is -0.970. The Bertz CT molecular complexity index is 285. The highest BCUT2D eigenvalue weighted by atomic mass is 32.1. The van der Waals surface area contributed by atoms with E-state index in [9.17, 15) is 4.79 Å². The smallest absolute Gasteiger partial charge is 0.306 e. The van der Waals surface area contributed by atoms with E-state index in [4.69, 9.17) is 4.74 Å². The van der Waals surface area contributed by atoms with Crippen molar-refractivity contribution in [1.82, 2.24) is 10.2 Å². The average Bonchev–Trinajstić information content (AvgIpc) is 2.49. The van der Waals surface area contributed by atoms with E-state index in [-0.39, 0.29) is 5.97 Å². The number of ether oxygens (including phenoxy) is 1. The van der Waals surface area contributed by atoms with Crippen LogP contribution in [0.5, 0.6) is 0 Å². The third-order valence-electron chi connectivity index (χ3n) is 1.42. The van der Waals surface area contributed by atoms with Crippen LogP contribution in [0.4, 0.5) is 0 Å². The van der Waals surface area contributed by atoms with Crippen molar-refractivity contribution < 1.29 is 9.53 Å². The molecule has 0 atom stereocenters. The molecule has 1 aromatic rings. The van der Waals surface area contributed by atoms with E-state index in [1.165, 1.54) is 11.3 Å². The van der Waals surface area contributed by atoms with Crippen LogP contribution < -0.4 is 0 Å². The molecule has 0 N–H and O–H groups in total. The second-order valence-electron chi connectivity index (χ2n) is 2.52. The first-order valence-corrected chi connectivity index (χ1v) is 4.98. The maximum absolute atomic E-state index is 11.0. The molecule has 0 unspecified atom stereocenters. The molecule has 0 saturated carbocycles. The molecule has 0 aliphatic carbocycles. The van der Waals surface area contributed by atoms with Gasteiger partial charge in [-0.2, -0.15) is 0 Å². The molecule has 0 spiro atoms. The fourth-order valence-electron chi connectivity index (χ4n) is 0.881. The van der Waals surface area contributed by atoms with E-state index in [2.05, 4.69) is 10.2 Å². The Morgan fingerprint density at radius 3 is 2.85 bits per heavy atom. The van der Waals surface area contributed by atoms with Crippen molar-refractivity contribution in [2.45, 2.75) is 26.7 Å². The van der Waals surface area contributed by atoms with Crippen LogP contribution in [-0.2, 0) is 16.0 Å². The summed E-state index contributed by atoms with van der Waals surface area (Å²) in [5, 5.41) is 9.59. The zero-order valence-electron chi connectivity index (χ0n) is 7.74. The lowest BCUT2D eigenvalue weighted by molar-refractivity contribution is -0.143. The molecule has 0 amide bonds. The molecule has 0 aliphatic rings. The number of aromatic nitrogens is 2. The van der Waals surface area contributed by atoms with Gasteiger partial charge in [-0.1, -0.05) is 0 Å². The van der Waals surface area contributed by atoms with Gasteiger partial charge in [0.05, 0.1) is 13.0 Å². The van der Waals surface area contributed by atoms with Crippen molar-refractivity contribution in [2.75, 3.05) is 6.61 Å². The Balaban J connectivity index is 2.30. The fraction of sp³-hybridized carbons (Fsp3) is 0.625. The predicted octanol–water partition coefficient (Wildman–Crippen LogP) is 1.34. The maximum Gasteiger partial charge on any atom is 0.306 e. The van der Waals surface area contributed by atoms with Crippen molar-refractivity contribution in [2.24, 2.45) is 0 Å². The molecule has 72 valence electrons. The number of rotatable bonds is 4. The number of aryl methyl sites for hydroxylation is 2. The molecule has 1 heterocycles. The first-order chi connectivity index (χ1) is 6.22. The van der Waals surface area contributed by atoms with E-state index in [0.717, 1.165) is 10.0 Å². The number of hydrogen-bond donors (Lipinski definition) is 0. The molecule has 1 aromatic heterocycles. The lowest BCUT2D eigenvalue weighted by Crippen LogP contribution is -2.04. The predicted molar refractivity (Wildman–Crippen MR) is 49.6 cm³/mol. The van der Waals surface area contributed by atoms with Crippen LogP contribution in [0.15, 0.2) is 0 Å². The highest BCUT2D eigenvalue weighted by Crippen LogP contribution is 2.10. The number of nitrogens with zero attached hydrogens (tertiary/aromatic N) is 2. The summed E-state index contributed by atoms with van der Waals surface area (Å²) in [6.07, 6.45) is 1.02. The topological polar surface area (TPSA) is 52.1 Å². The number of esters is 1. The average molecular weight is 200 g/mol. The summed E-state index contributed by atoms with van der Waals surface area (Å²) in [7, 11) is 0. The summed E-state index contributed by atoms with van der Waals surface area (Å²) in [6.45, 7) is 4.13. The van der Waals surface area contributed by atoms with E-state index >= 15 is 0 Å². The van der Waals surface area contributed by atoms with Gasteiger partial charge in [0.2, 0.25) is 0 Å². The van der Waals surface area contributed by atoms with E-state index in [1.54, 1.807) is 6.92 Å². The van der Waals surface area contributed by atoms with Crippen molar-refractivity contribution in [1.29, 1.82) is 0 Å². The minimum atomic E-state index is -0.171. The van der Waals surface area contributed by atoms with Crippen molar-refractivity contribution >= 4 is 17.3 Å². The molecule has 4 nitrogen and oxygen atoms in total. The fourth-order valence-corrected chi connectivity index (χ4v) is 1.59. The van der Waals surface area contributed by atoms with Crippen LogP contribution in [-0.4, -0.2) is 22.8 Å². The van der Waals surface area contributed by atoms with E-state index < -0.39 is 0 Å². The molecule has 0 aromatic carbocycles. The van der Waals surface area contributed by atoms with Gasteiger partial charge in [0.1, 0.15) is 10.0 Å². The Morgan fingerprint density at radius 1 is 1.54 bits per heavy atom. The molecule has 0 fully saturated rings. The quantitative estimate of drug-likeness (QED) is 0.688. The van der Waals surface area contributed by atoms with Gasteiger partial charge in [0.25, 0.3) is 0 Å². The molecular weight excluding hydrogens is 188 g/mol. The summed E-state index contributed by atoms with van der Waals surface area (Å²) in [6, 6.07) is 0. The van der Waals surface area contributed by atoms with E-state index in [0.29, 0.717) is 19.4 Å². The van der Waals surface area contributed by atoms with Crippen LogP contribution in [0, 0.1) is 6.92 Å². The number of carbonyl (C=O) groups is 1. The molecule has 1 rings (SSSR count). The van der Waals surface area contributed by atoms with Gasteiger partial charge in [0.15, 0.2) is 0 Å². The van der Waals surface area contributed by atoms with E-state index in [1.807, 2.05) is 6.92 Å². The van der Waals surface area contributed by atoms with Crippen LogP contribution in [0.25, 0.3) is 0 Å².